The predicted octanol–water partition coefficient (Wildman–Crippen LogP) is 3.31. The van der Waals surface area contributed by atoms with Gasteiger partial charge < -0.3 is 15.2 Å². The molecule has 0 aromatic rings. The molecule has 126 valence electrons. The van der Waals surface area contributed by atoms with Crippen LogP contribution in [-0.2, 0) is 14.3 Å². The molecule has 21 heavy (non-hydrogen) atoms. The van der Waals surface area contributed by atoms with Crippen molar-refractivity contribution in [1.29, 1.82) is 0 Å². The maximum Gasteiger partial charge on any atom is 0.322 e. The van der Waals surface area contributed by atoms with Gasteiger partial charge in [-0.2, -0.15) is 0 Å². The standard InChI is InChI=1S/C9H19NO.C7H15NO2/c1-4-6-7-8-10-9(3)11-5-2;1-3-4-5-6(8)7(9)10-2/h4-8H2,1-3H3;6H,3-5,8H2,1-2H3. The molecule has 2 N–H and O–H groups in total. The number of carbonyl (C=O) groups is 1. The van der Waals surface area contributed by atoms with Crippen LogP contribution in [0.3, 0.4) is 0 Å². The molecule has 0 rings (SSSR count). The molecule has 0 aliphatic rings. The van der Waals surface area contributed by atoms with E-state index in [1.165, 1.54) is 26.4 Å². The molecule has 0 aromatic heterocycles. The van der Waals surface area contributed by atoms with Crippen LogP contribution >= 0.6 is 0 Å². The molecular formula is C16H34N2O3. The van der Waals surface area contributed by atoms with Crippen molar-refractivity contribution in [2.24, 2.45) is 10.7 Å². The molecule has 0 aliphatic carbocycles. The number of nitrogens with zero attached hydrogens (tertiary/aromatic N) is 1. The minimum Gasteiger partial charge on any atom is -0.481 e. The highest BCUT2D eigenvalue weighted by atomic mass is 16.5. The van der Waals surface area contributed by atoms with E-state index >= 15 is 0 Å². The van der Waals surface area contributed by atoms with E-state index in [-0.39, 0.29) is 5.97 Å². The molecule has 1 unspecified atom stereocenters. The lowest BCUT2D eigenvalue weighted by Crippen LogP contribution is -2.31. The Morgan fingerprint density at radius 3 is 2.24 bits per heavy atom. The zero-order valence-electron chi connectivity index (χ0n) is 14.5. The molecule has 5 heteroatoms. The van der Waals surface area contributed by atoms with Crippen molar-refractivity contribution in [2.45, 2.75) is 72.3 Å². The second-order valence-electron chi connectivity index (χ2n) is 4.81. The summed E-state index contributed by atoms with van der Waals surface area (Å²) in [5, 5.41) is 0. The number of aliphatic imine (C=N–C) groups is 1. The Bertz CT molecular complexity index is 268. The maximum atomic E-state index is 10.7. The second-order valence-corrected chi connectivity index (χ2v) is 4.81. The summed E-state index contributed by atoms with van der Waals surface area (Å²) in [6.07, 6.45) is 6.47. The average molecular weight is 302 g/mol. The number of hydrogen-bond acceptors (Lipinski definition) is 5. The van der Waals surface area contributed by atoms with E-state index in [1.54, 1.807) is 0 Å². The van der Waals surface area contributed by atoms with Crippen molar-refractivity contribution in [1.82, 2.24) is 0 Å². The summed E-state index contributed by atoms with van der Waals surface area (Å²) in [4.78, 5) is 14.9. The molecule has 0 heterocycles. The Hall–Kier alpha value is -1.10. The van der Waals surface area contributed by atoms with Gasteiger partial charge in [-0.05, 0) is 19.8 Å². The summed E-state index contributed by atoms with van der Waals surface area (Å²) < 4.78 is 9.62. The Balaban J connectivity index is 0. The molecule has 0 saturated carbocycles. The van der Waals surface area contributed by atoms with Crippen molar-refractivity contribution in [3.8, 4) is 0 Å². The number of nitrogens with two attached hydrogens (primary N) is 1. The van der Waals surface area contributed by atoms with Gasteiger partial charge in [0.25, 0.3) is 0 Å². The molecule has 0 aliphatic heterocycles. The lowest BCUT2D eigenvalue weighted by Gasteiger charge is -2.06. The van der Waals surface area contributed by atoms with Crippen LogP contribution in [0.4, 0.5) is 0 Å². The van der Waals surface area contributed by atoms with Gasteiger partial charge >= 0.3 is 5.97 Å². The van der Waals surface area contributed by atoms with Gasteiger partial charge in [-0.25, -0.2) is 0 Å². The number of methoxy groups -OCH3 is 1. The summed E-state index contributed by atoms with van der Waals surface area (Å²) in [5.74, 6) is 0.511. The lowest BCUT2D eigenvalue weighted by atomic mass is 10.1. The lowest BCUT2D eigenvalue weighted by molar-refractivity contribution is -0.142. The maximum absolute atomic E-state index is 10.7. The third-order valence-electron chi connectivity index (χ3n) is 2.82. The minimum atomic E-state index is -0.426. The van der Waals surface area contributed by atoms with Gasteiger partial charge in [-0.3, -0.25) is 9.79 Å². The van der Waals surface area contributed by atoms with Gasteiger partial charge in [-0.1, -0.05) is 39.5 Å². The minimum absolute atomic E-state index is 0.312. The number of hydrogen-bond donors (Lipinski definition) is 1. The SMILES string of the molecule is CCCCC(N)C(=O)OC.CCCCCN=C(C)OCC. The third-order valence-corrected chi connectivity index (χ3v) is 2.82. The summed E-state index contributed by atoms with van der Waals surface area (Å²) >= 11 is 0. The summed E-state index contributed by atoms with van der Waals surface area (Å²) in [7, 11) is 1.36. The van der Waals surface area contributed by atoms with E-state index in [4.69, 9.17) is 10.5 Å². The van der Waals surface area contributed by atoms with E-state index in [0.29, 0.717) is 0 Å². The van der Waals surface area contributed by atoms with Gasteiger partial charge in [0.05, 0.1) is 13.7 Å². The van der Waals surface area contributed by atoms with Crippen LogP contribution in [0.5, 0.6) is 0 Å². The van der Waals surface area contributed by atoms with Gasteiger partial charge in [0.1, 0.15) is 6.04 Å². The van der Waals surface area contributed by atoms with Crippen molar-refractivity contribution in [2.75, 3.05) is 20.3 Å². The molecule has 0 radical (unpaired) electrons. The number of ether oxygens (including phenoxy) is 2. The summed E-state index contributed by atoms with van der Waals surface area (Å²) in [6, 6.07) is -0.426. The fraction of sp³-hybridized carbons (Fsp3) is 0.875. The predicted molar refractivity (Wildman–Crippen MR) is 88.6 cm³/mol. The molecule has 0 fully saturated rings. The average Bonchev–Trinajstić information content (AvgIpc) is 2.49. The summed E-state index contributed by atoms with van der Waals surface area (Å²) in [6.45, 7) is 9.78. The number of carbonyl (C=O) groups excluding carboxylic acids is 1. The highest BCUT2D eigenvalue weighted by Crippen LogP contribution is 1.98. The molecule has 0 spiro atoms. The molecule has 5 nitrogen and oxygen atoms in total. The Kier molecular flexibility index (Phi) is 17.9. The van der Waals surface area contributed by atoms with E-state index in [2.05, 4.69) is 23.6 Å². The van der Waals surface area contributed by atoms with Crippen LogP contribution in [0.25, 0.3) is 0 Å². The fourth-order valence-corrected chi connectivity index (χ4v) is 1.55. The quantitative estimate of drug-likeness (QED) is 0.307. The topological polar surface area (TPSA) is 73.9 Å². The molecular weight excluding hydrogens is 268 g/mol. The van der Waals surface area contributed by atoms with Gasteiger partial charge in [0, 0.05) is 13.5 Å². The fourth-order valence-electron chi connectivity index (χ4n) is 1.55. The van der Waals surface area contributed by atoms with Crippen molar-refractivity contribution < 1.29 is 14.3 Å². The van der Waals surface area contributed by atoms with Gasteiger partial charge in [0.2, 0.25) is 0 Å². The first kappa shape index (κ1) is 22.2. The molecule has 0 aromatic carbocycles. The molecule has 0 amide bonds. The van der Waals surface area contributed by atoms with E-state index in [0.717, 1.165) is 38.3 Å². The largest absolute Gasteiger partial charge is 0.481 e. The smallest absolute Gasteiger partial charge is 0.322 e. The van der Waals surface area contributed by atoms with Crippen LogP contribution in [0.1, 0.15) is 66.2 Å². The second kappa shape index (κ2) is 17.0. The highest BCUT2D eigenvalue weighted by Gasteiger charge is 2.11. The number of rotatable bonds is 9. The molecule has 0 bridgehead atoms. The monoisotopic (exact) mass is 302 g/mol. The first-order chi connectivity index (χ1) is 10.0. The Labute approximate surface area is 130 Å². The van der Waals surface area contributed by atoms with Gasteiger partial charge in [0.15, 0.2) is 5.90 Å². The molecule has 1 atom stereocenters. The van der Waals surface area contributed by atoms with E-state index in [9.17, 15) is 4.79 Å². The Morgan fingerprint density at radius 2 is 1.76 bits per heavy atom. The summed E-state index contributed by atoms with van der Waals surface area (Å²) in [5.41, 5.74) is 5.44. The third kappa shape index (κ3) is 16.8. The van der Waals surface area contributed by atoms with Crippen molar-refractivity contribution in [3.05, 3.63) is 0 Å². The van der Waals surface area contributed by atoms with Crippen LogP contribution in [0.2, 0.25) is 0 Å². The van der Waals surface area contributed by atoms with Crippen LogP contribution in [0.15, 0.2) is 4.99 Å². The molecule has 0 saturated heterocycles. The van der Waals surface area contributed by atoms with Gasteiger partial charge in [-0.15, -0.1) is 0 Å². The van der Waals surface area contributed by atoms with E-state index in [1.807, 2.05) is 13.8 Å². The van der Waals surface area contributed by atoms with Crippen molar-refractivity contribution in [3.63, 3.8) is 0 Å². The number of unbranched alkanes of at least 4 members (excludes halogenated alkanes) is 3. The number of esters is 1. The first-order valence-electron chi connectivity index (χ1n) is 8.00. The Morgan fingerprint density at radius 1 is 1.14 bits per heavy atom. The van der Waals surface area contributed by atoms with E-state index < -0.39 is 6.04 Å². The zero-order chi connectivity index (χ0) is 16.5. The van der Waals surface area contributed by atoms with Crippen LogP contribution in [0, 0.1) is 0 Å². The van der Waals surface area contributed by atoms with Crippen molar-refractivity contribution >= 4 is 11.9 Å². The highest BCUT2D eigenvalue weighted by molar-refractivity contribution is 5.75. The first-order valence-corrected chi connectivity index (χ1v) is 8.00. The van der Waals surface area contributed by atoms with Crippen LogP contribution in [-0.4, -0.2) is 38.2 Å². The van der Waals surface area contributed by atoms with Crippen LogP contribution < -0.4 is 5.73 Å². The normalized spacial score (nSPS) is 12.2. The zero-order valence-corrected chi connectivity index (χ0v) is 14.5.